The van der Waals surface area contributed by atoms with Crippen LogP contribution < -0.4 is 4.74 Å². The summed E-state index contributed by atoms with van der Waals surface area (Å²) in [5, 5.41) is 8.62. The number of ether oxygens (including phenoxy) is 1. The van der Waals surface area contributed by atoms with Gasteiger partial charge in [0.1, 0.15) is 5.75 Å². The highest BCUT2D eigenvalue weighted by Crippen LogP contribution is 2.22. The number of aldehydes is 1. The van der Waals surface area contributed by atoms with E-state index >= 15 is 0 Å². The van der Waals surface area contributed by atoms with Crippen LogP contribution in [0.3, 0.4) is 0 Å². The third-order valence-corrected chi connectivity index (χ3v) is 1.84. The molecule has 1 aromatic carbocycles. The van der Waals surface area contributed by atoms with Crippen LogP contribution in [0.5, 0.6) is 5.75 Å². The monoisotopic (exact) mass is 180 g/mol. The molecule has 0 saturated carbocycles. The molecule has 0 radical (unpaired) electrons. The molecule has 13 heavy (non-hydrogen) atoms. The number of para-hydroxylation sites is 1. The summed E-state index contributed by atoms with van der Waals surface area (Å²) in [6, 6.07) is 5.34. The van der Waals surface area contributed by atoms with Gasteiger partial charge in [0.05, 0.1) is 5.56 Å². The number of aryl methyl sites for hydroxylation is 1. The van der Waals surface area contributed by atoms with Gasteiger partial charge in [0.25, 0.3) is 0 Å². The Morgan fingerprint density at radius 2 is 2.31 bits per heavy atom. The van der Waals surface area contributed by atoms with E-state index in [2.05, 4.69) is 0 Å². The molecule has 0 unspecified atom stereocenters. The molecule has 0 bridgehead atoms. The normalized spacial score (nSPS) is 9.69. The van der Waals surface area contributed by atoms with Crippen molar-refractivity contribution in [3.8, 4) is 5.75 Å². The minimum absolute atomic E-state index is 0.405. The molecule has 3 heteroatoms. The number of carbonyl (C=O) groups excluding carboxylic acids is 1. The molecule has 0 saturated heterocycles. The Labute approximate surface area is 77.0 Å². The predicted octanol–water partition coefficient (Wildman–Crippen LogP) is 1.39. The number of hydrogen-bond acceptors (Lipinski definition) is 3. The number of carbonyl (C=O) groups is 1. The molecule has 0 spiro atoms. The SMILES string of the molecule is CCc1cccc(C=O)c1OCO. The topological polar surface area (TPSA) is 46.5 Å². The van der Waals surface area contributed by atoms with E-state index in [0.717, 1.165) is 18.3 Å². The Kier molecular flexibility index (Phi) is 3.46. The second-order valence-corrected chi connectivity index (χ2v) is 2.58. The highest BCUT2D eigenvalue weighted by molar-refractivity contribution is 5.80. The van der Waals surface area contributed by atoms with Gasteiger partial charge in [0.2, 0.25) is 0 Å². The van der Waals surface area contributed by atoms with Crippen LogP contribution in [0.1, 0.15) is 22.8 Å². The molecule has 0 atom stereocenters. The van der Waals surface area contributed by atoms with Gasteiger partial charge in [-0.25, -0.2) is 0 Å². The molecule has 0 aliphatic heterocycles. The molecule has 0 aliphatic carbocycles. The lowest BCUT2D eigenvalue weighted by molar-refractivity contribution is 0.0950. The summed E-state index contributed by atoms with van der Waals surface area (Å²) in [6.07, 6.45) is 1.50. The van der Waals surface area contributed by atoms with Crippen LogP contribution in [-0.4, -0.2) is 18.2 Å². The zero-order chi connectivity index (χ0) is 9.68. The van der Waals surface area contributed by atoms with Gasteiger partial charge in [0, 0.05) is 0 Å². The Morgan fingerprint density at radius 1 is 1.54 bits per heavy atom. The first kappa shape index (κ1) is 9.74. The number of rotatable bonds is 4. The third kappa shape index (κ3) is 2.06. The highest BCUT2D eigenvalue weighted by Gasteiger charge is 2.06. The van der Waals surface area contributed by atoms with Gasteiger partial charge in [-0.3, -0.25) is 4.79 Å². The zero-order valence-electron chi connectivity index (χ0n) is 7.49. The van der Waals surface area contributed by atoms with Crippen LogP contribution in [0, 0.1) is 0 Å². The molecule has 0 amide bonds. The van der Waals surface area contributed by atoms with Gasteiger partial charge < -0.3 is 9.84 Å². The molecule has 70 valence electrons. The Morgan fingerprint density at radius 3 is 2.85 bits per heavy atom. The first-order valence-electron chi connectivity index (χ1n) is 4.14. The number of aliphatic hydroxyl groups excluding tert-OH is 1. The number of hydrogen-bond donors (Lipinski definition) is 1. The largest absolute Gasteiger partial charge is 0.467 e. The van der Waals surface area contributed by atoms with Crippen molar-refractivity contribution in [1.82, 2.24) is 0 Å². The zero-order valence-corrected chi connectivity index (χ0v) is 7.49. The van der Waals surface area contributed by atoms with E-state index in [1.807, 2.05) is 13.0 Å². The molecule has 0 aliphatic rings. The second-order valence-electron chi connectivity index (χ2n) is 2.58. The standard InChI is InChI=1S/C10H12O3/c1-2-8-4-3-5-9(6-11)10(8)13-7-12/h3-6,12H,2,7H2,1H3. The minimum atomic E-state index is -0.405. The van der Waals surface area contributed by atoms with Crippen molar-refractivity contribution in [1.29, 1.82) is 0 Å². The second kappa shape index (κ2) is 4.62. The van der Waals surface area contributed by atoms with Gasteiger partial charge in [0.15, 0.2) is 13.1 Å². The Balaban J connectivity index is 3.12. The van der Waals surface area contributed by atoms with Gasteiger partial charge in [-0.05, 0) is 18.1 Å². The maximum atomic E-state index is 10.6. The molecule has 1 aromatic rings. The summed E-state index contributed by atoms with van der Waals surface area (Å²) in [5.74, 6) is 0.488. The van der Waals surface area contributed by atoms with E-state index in [9.17, 15) is 4.79 Å². The van der Waals surface area contributed by atoms with E-state index in [1.165, 1.54) is 0 Å². The van der Waals surface area contributed by atoms with Crippen LogP contribution in [0.25, 0.3) is 0 Å². The van der Waals surface area contributed by atoms with Gasteiger partial charge in [-0.2, -0.15) is 0 Å². The maximum Gasteiger partial charge on any atom is 0.186 e. The lowest BCUT2D eigenvalue weighted by atomic mass is 10.1. The first-order valence-corrected chi connectivity index (χ1v) is 4.14. The smallest absolute Gasteiger partial charge is 0.186 e. The lowest BCUT2D eigenvalue weighted by Gasteiger charge is -2.09. The van der Waals surface area contributed by atoms with Crippen molar-refractivity contribution >= 4 is 6.29 Å². The fourth-order valence-corrected chi connectivity index (χ4v) is 1.22. The van der Waals surface area contributed by atoms with Crippen molar-refractivity contribution in [2.24, 2.45) is 0 Å². The van der Waals surface area contributed by atoms with E-state index in [0.29, 0.717) is 11.3 Å². The molecule has 0 heterocycles. The summed E-state index contributed by atoms with van der Waals surface area (Å²) < 4.78 is 4.97. The Bertz CT molecular complexity index is 294. The third-order valence-electron chi connectivity index (χ3n) is 1.84. The molecule has 0 aromatic heterocycles. The molecule has 0 fully saturated rings. The summed E-state index contributed by atoms with van der Waals surface area (Å²) >= 11 is 0. The van der Waals surface area contributed by atoms with Crippen LogP contribution in [0.2, 0.25) is 0 Å². The van der Waals surface area contributed by atoms with Crippen molar-refractivity contribution in [2.75, 3.05) is 6.79 Å². The molecule has 3 nitrogen and oxygen atoms in total. The van der Waals surface area contributed by atoms with E-state index in [-0.39, 0.29) is 0 Å². The average molecular weight is 180 g/mol. The predicted molar refractivity (Wildman–Crippen MR) is 48.9 cm³/mol. The van der Waals surface area contributed by atoms with Crippen molar-refractivity contribution in [3.05, 3.63) is 29.3 Å². The van der Waals surface area contributed by atoms with E-state index < -0.39 is 6.79 Å². The molecule has 1 rings (SSSR count). The van der Waals surface area contributed by atoms with E-state index in [4.69, 9.17) is 9.84 Å². The summed E-state index contributed by atoms with van der Waals surface area (Å²) in [7, 11) is 0. The summed E-state index contributed by atoms with van der Waals surface area (Å²) in [5.41, 5.74) is 1.41. The first-order chi connectivity index (χ1) is 6.33. The van der Waals surface area contributed by atoms with Crippen molar-refractivity contribution < 1.29 is 14.6 Å². The lowest BCUT2D eigenvalue weighted by Crippen LogP contribution is -2.01. The summed E-state index contributed by atoms with van der Waals surface area (Å²) in [6.45, 7) is 1.56. The highest BCUT2D eigenvalue weighted by atomic mass is 16.6. The van der Waals surface area contributed by atoms with Crippen LogP contribution in [0.4, 0.5) is 0 Å². The van der Waals surface area contributed by atoms with Crippen molar-refractivity contribution in [2.45, 2.75) is 13.3 Å². The quantitative estimate of drug-likeness (QED) is 0.562. The van der Waals surface area contributed by atoms with Gasteiger partial charge in [-0.15, -0.1) is 0 Å². The average Bonchev–Trinajstić information content (AvgIpc) is 2.18. The van der Waals surface area contributed by atoms with Crippen LogP contribution >= 0.6 is 0 Å². The van der Waals surface area contributed by atoms with Crippen LogP contribution in [-0.2, 0) is 6.42 Å². The van der Waals surface area contributed by atoms with Crippen molar-refractivity contribution in [3.63, 3.8) is 0 Å². The van der Waals surface area contributed by atoms with Gasteiger partial charge in [-0.1, -0.05) is 19.1 Å². The molecule has 1 N–H and O–H groups in total. The molecular formula is C10H12O3. The van der Waals surface area contributed by atoms with Gasteiger partial charge >= 0.3 is 0 Å². The molecular weight excluding hydrogens is 168 g/mol. The fraction of sp³-hybridized carbons (Fsp3) is 0.300. The fourth-order valence-electron chi connectivity index (χ4n) is 1.22. The summed E-state index contributed by atoms with van der Waals surface area (Å²) in [4.78, 5) is 10.6. The van der Waals surface area contributed by atoms with E-state index in [1.54, 1.807) is 12.1 Å². The number of aliphatic hydroxyl groups is 1. The minimum Gasteiger partial charge on any atom is -0.467 e. The maximum absolute atomic E-state index is 10.6. The Hall–Kier alpha value is -1.35. The van der Waals surface area contributed by atoms with Crippen LogP contribution in [0.15, 0.2) is 18.2 Å². The number of benzene rings is 1.